The lowest BCUT2D eigenvalue weighted by Gasteiger charge is -2.29. The Balaban J connectivity index is 2.40. The maximum absolute atomic E-state index is 13.4. The lowest BCUT2D eigenvalue weighted by molar-refractivity contribution is -0.172. The molecule has 1 aliphatic heterocycles. The van der Waals surface area contributed by atoms with Gasteiger partial charge in [0.1, 0.15) is 18.2 Å². The number of cyclic esters (lactones) is 1. The van der Waals surface area contributed by atoms with Crippen LogP contribution in [0.4, 0.5) is 4.79 Å². The Morgan fingerprint density at radius 2 is 1.74 bits per heavy atom. The molecule has 0 fully saturated rings. The van der Waals surface area contributed by atoms with Gasteiger partial charge in [-0.25, -0.2) is 9.86 Å². The lowest BCUT2D eigenvalue weighted by Crippen LogP contribution is -2.55. The van der Waals surface area contributed by atoms with Crippen LogP contribution in [0.25, 0.3) is 0 Å². The SMILES string of the molecule is CON(C)C(=O)[C@@H]1CC(C(=O)N(C)C)CC=CCCC(Cc2ccccc2)OC(=O)N[C@@H](CC(C)C)C(=O)N1. The van der Waals surface area contributed by atoms with Crippen LogP contribution in [-0.2, 0) is 30.4 Å². The molecule has 0 saturated heterocycles. The molecule has 2 N–H and O–H groups in total. The number of ether oxygens (including phenoxy) is 1. The monoisotopic (exact) mass is 544 g/mol. The molecule has 10 heteroatoms. The van der Waals surface area contributed by atoms with Gasteiger partial charge in [-0.1, -0.05) is 56.3 Å². The van der Waals surface area contributed by atoms with Gasteiger partial charge < -0.3 is 20.3 Å². The Hall–Kier alpha value is -3.40. The van der Waals surface area contributed by atoms with Crippen molar-refractivity contribution in [3.63, 3.8) is 0 Å². The van der Waals surface area contributed by atoms with E-state index in [0.29, 0.717) is 32.1 Å². The van der Waals surface area contributed by atoms with Crippen LogP contribution in [-0.4, -0.2) is 80.2 Å². The highest BCUT2D eigenvalue weighted by Crippen LogP contribution is 2.19. The molecular weight excluding hydrogens is 500 g/mol. The minimum Gasteiger partial charge on any atom is -0.446 e. The van der Waals surface area contributed by atoms with Crippen molar-refractivity contribution in [3.05, 3.63) is 48.0 Å². The van der Waals surface area contributed by atoms with E-state index in [0.717, 1.165) is 10.6 Å². The average Bonchev–Trinajstić information content (AvgIpc) is 2.89. The number of likely N-dealkylation sites (N-methyl/N-ethyl adjacent to an activating group) is 1. The number of allylic oxidation sites excluding steroid dienone is 2. The van der Waals surface area contributed by atoms with E-state index < -0.39 is 42.0 Å². The van der Waals surface area contributed by atoms with Gasteiger partial charge in [0.05, 0.1) is 7.11 Å². The van der Waals surface area contributed by atoms with E-state index in [2.05, 4.69) is 10.6 Å². The summed E-state index contributed by atoms with van der Waals surface area (Å²) in [7, 11) is 6.12. The Labute approximate surface area is 232 Å². The van der Waals surface area contributed by atoms with Gasteiger partial charge in [-0.15, -0.1) is 0 Å². The number of hydroxylamine groups is 2. The second kappa shape index (κ2) is 15.9. The third kappa shape index (κ3) is 10.7. The number of hydrogen-bond donors (Lipinski definition) is 2. The normalized spacial score (nSPS) is 23.1. The quantitative estimate of drug-likeness (QED) is 0.403. The Morgan fingerprint density at radius 3 is 2.36 bits per heavy atom. The van der Waals surface area contributed by atoms with Gasteiger partial charge >= 0.3 is 6.09 Å². The third-order valence-electron chi connectivity index (χ3n) is 6.65. The topological polar surface area (TPSA) is 117 Å². The number of alkyl carbamates (subject to hydrolysis) is 1. The summed E-state index contributed by atoms with van der Waals surface area (Å²) in [4.78, 5) is 59.2. The molecule has 1 aromatic carbocycles. The molecule has 1 aromatic rings. The molecule has 0 aliphatic carbocycles. The van der Waals surface area contributed by atoms with Crippen LogP contribution in [0.2, 0.25) is 0 Å². The number of rotatable bonds is 7. The summed E-state index contributed by atoms with van der Waals surface area (Å²) in [6.45, 7) is 3.87. The number of carbonyl (C=O) groups excluding carboxylic acids is 4. The largest absolute Gasteiger partial charge is 0.446 e. The first-order valence-electron chi connectivity index (χ1n) is 13.5. The lowest BCUT2D eigenvalue weighted by atomic mass is 9.93. The van der Waals surface area contributed by atoms with Crippen molar-refractivity contribution < 1.29 is 28.8 Å². The van der Waals surface area contributed by atoms with E-state index in [1.54, 1.807) is 14.1 Å². The number of hydrogen-bond acceptors (Lipinski definition) is 6. The van der Waals surface area contributed by atoms with Gasteiger partial charge in [0.15, 0.2) is 0 Å². The van der Waals surface area contributed by atoms with E-state index in [1.165, 1.54) is 19.1 Å². The van der Waals surface area contributed by atoms with E-state index in [4.69, 9.17) is 9.57 Å². The summed E-state index contributed by atoms with van der Waals surface area (Å²) in [6.07, 6.45) is 5.34. The highest BCUT2D eigenvalue weighted by Gasteiger charge is 2.34. The number of nitrogens with zero attached hydrogens (tertiary/aromatic N) is 2. The van der Waals surface area contributed by atoms with Crippen molar-refractivity contribution >= 4 is 23.8 Å². The minimum atomic E-state index is -1.03. The van der Waals surface area contributed by atoms with Crippen molar-refractivity contribution in [3.8, 4) is 0 Å². The number of carbonyl (C=O) groups is 4. The molecular formula is C29H44N4O6. The van der Waals surface area contributed by atoms with Crippen LogP contribution in [0.1, 0.15) is 51.5 Å². The predicted molar refractivity (Wildman–Crippen MR) is 148 cm³/mol. The molecule has 4 amide bonds. The molecule has 39 heavy (non-hydrogen) atoms. The fourth-order valence-electron chi connectivity index (χ4n) is 4.52. The highest BCUT2D eigenvalue weighted by atomic mass is 16.7. The van der Waals surface area contributed by atoms with E-state index >= 15 is 0 Å². The van der Waals surface area contributed by atoms with Gasteiger partial charge in [-0.2, -0.15) is 0 Å². The van der Waals surface area contributed by atoms with Crippen LogP contribution in [0.3, 0.4) is 0 Å². The maximum atomic E-state index is 13.4. The molecule has 2 rings (SSSR count). The Kier molecular flexibility index (Phi) is 13.0. The molecule has 1 aliphatic rings. The number of nitrogens with one attached hydrogen (secondary N) is 2. The molecule has 1 heterocycles. The molecule has 2 unspecified atom stereocenters. The van der Waals surface area contributed by atoms with Crippen molar-refractivity contribution in [2.75, 3.05) is 28.3 Å². The summed E-state index contributed by atoms with van der Waals surface area (Å²) >= 11 is 0. The van der Waals surface area contributed by atoms with Crippen molar-refractivity contribution in [2.24, 2.45) is 11.8 Å². The van der Waals surface area contributed by atoms with Crippen molar-refractivity contribution in [2.45, 2.75) is 70.6 Å². The van der Waals surface area contributed by atoms with Crippen LogP contribution >= 0.6 is 0 Å². The fraction of sp³-hybridized carbons (Fsp3) is 0.586. The first-order chi connectivity index (χ1) is 18.5. The standard InChI is InChI=1S/C29H44N4O6/c1-20(2)17-24-26(34)30-25(28(36)33(5)38-6)19-22(27(35)32(3)4)15-11-8-12-16-23(39-29(37)31-24)18-21-13-9-7-10-14-21/h7-11,13-14,20,22-25H,12,15-19H2,1-6H3,(H,30,34)(H,31,37)/t22?,23?,24-,25-/m0/s1. The smallest absolute Gasteiger partial charge is 0.408 e. The minimum absolute atomic E-state index is 0.0753. The van der Waals surface area contributed by atoms with Crippen molar-refractivity contribution in [1.29, 1.82) is 0 Å². The van der Waals surface area contributed by atoms with Crippen LogP contribution in [0.5, 0.6) is 0 Å². The first-order valence-corrected chi connectivity index (χ1v) is 13.5. The third-order valence-corrected chi connectivity index (χ3v) is 6.65. The van der Waals surface area contributed by atoms with Crippen LogP contribution in [0, 0.1) is 11.8 Å². The molecule has 0 radical (unpaired) electrons. The number of amides is 4. The first kappa shape index (κ1) is 31.8. The van der Waals surface area contributed by atoms with E-state index in [9.17, 15) is 19.2 Å². The van der Waals surface area contributed by atoms with E-state index in [1.807, 2.05) is 56.3 Å². The van der Waals surface area contributed by atoms with Crippen molar-refractivity contribution in [1.82, 2.24) is 20.6 Å². The second-order valence-corrected chi connectivity index (χ2v) is 10.6. The molecule has 0 spiro atoms. The van der Waals surface area contributed by atoms with Gasteiger partial charge in [0.25, 0.3) is 5.91 Å². The summed E-state index contributed by atoms with van der Waals surface area (Å²) in [5.74, 6) is -1.64. The zero-order valence-corrected chi connectivity index (χ0v) is 24.0. The van der Waals surface area contributed by atoms with Gasteiger partial charge in [-0.05, 0) is 43.6 Å². The summed E-state index contributed by atoms with van der Waals surface area (Å²) < 4.78 is 5.79. The fourth-order valence-corrected chi connectivity index (χ4v) is 4.52. The molecule has 0 aromatic heterocycles. The molecule has 10 nitrogen and oxygen atoms in total. The van der Waals surface area contributed by atoms with Crippen LogP contribution in [0.15, 0.2) is 42.5 Å². The number of benzene rings is 1. The summed E-state index contributed by atoms with van der Waals surface area (Å²) in [5.41, 5.74) is 1.04. The summed E-state index contributed by atoms with van der Waals surface area (Å²) in [6, 6.07) is 7.80. The Morgan fingerprint density at radius 1 is 1.05 bits per heavy atom. The molecule has 4 atom stereocenters. The summed E-state index contributed by atoms with van der Waals surface area (Å²) in [5, 5.41) is 6.52. The molecule has 0 saturated carbocycles. The second-order valence-electron chi connectivity index (χ2n) is 10.6. The maximum Gasteiger partial charge on any atom is 0.408 e. The van der Waals surface area contributed by atoms with Gasteiger partial charge in [-0.3, -0.25) is 19.2 Å². The van der Waals surface area contributed by atoms with Gasteiger partial charge in [0.2, 0.25) is 11.8 Å². The van der Waals surface area contributed by atoms with E-state index in [-0.39, 0.29) is 18.2 Å². The average molecular weight is 545 g/mol. The van der Waals surface area contributed by atoms with Gasteiger partial charge in [0, 0.05) is 33.5 Å². The molecule has 216 valence electrons. The Bertz CT molecular complexity index is 981. The predicted octanol–water partition coefficient (Wildman–Crippen LogP) is 3.08. The molecule has 0 bridgehead atoms. The highest BCUT2D eigenvalue weighted by molar-refractivity contribution is 5.91. The zero-order chi connectivity index (χ0) is 28.9. The van der Waals surface area contributed by atoms with Crippen LogP contribution < -0.4 is 10.6 Å². The zero-order valence-electron chi connectivity index (χ0n) is 24.0.